The van der Waals surface area contributed by atoms with Crippen LogP contribution in [0.2, 0.25) is 0 Å². The zero-order chi connectivity index (χ0) is 11.8. The number of hydrogen-bond acceptors (Lipinski definition) is 7. The fourth-order valence-electron chi connectivity index (χ4n) is 2.01. The molecule has 1 atom stereocenters. The van der Waals surface area contributed by atoms with Crippen LogP contribution in [0.15, 0.2) is 6.33 Å². The lowest BCUT2D eigenvalue weighted by Crippen LogP contribution is -2.44. The number of fused-ring (bicyclic) bond motifs is 1. The third kappa shape index (κ3) is 1.81. The van der Waals surface area contributed by atoms with Crippen molar-refractivity contribution in [3.05, 3.63) is 6.33 Å². The van der Waals surface area contributed by atoms with Crippen molar-refractivity contribution in [3.63, 3.8) is 0 Å². The molecule has 0 aliphatic carbocycles. The summed E-state index contributed by atoms with van der Waals surface area (Å²) in [6.45, 7) is 4.37. The Kier molecular flexibility index (Phi) is 2.56. The number of anilines is 2. The van der Waals surface area contributed by atoms with Crippen LogP contribution in [0.1, 0.15) is 6.92 Å². The number of nitrogen functional groups attached to an aromatic ring is 1. The van der Waals surface area contributed by atoms with Gasteiger partial charge < -0.3 is 15.4 Å². The van der Waals surface area contributed by atoms with Crippen LogP contribution in [0, 0.1) is 0 Å². The van der Waals surface area contributed by atoms with Crippen molar-refractivity contribution < 1.29 is 4.74 Å². The molecule has 17 heavy (non-hydrogen) atoms. The van der Waals surface area contributed by atoms with Crippen LogP contribution in [0.3, 0.4) is 0 Å². The SMILES string of the molecule is C[C@H]1COCCN1c1ncnc2sc(N)nc12. The summed E-state index contributed by atoms with van der Waals surface area (Å²) >= 11 is 1.39. The zero-order valence-corrected chi connectivity index (χ0v) is 10.3. The van der Waals surface area contributed by atoms with E-state index in [9.17, 15) is 0 Å². The van der Waals surface area contributed by atoms with Gasteiger partial charge in [-0.15, -0.1) is 0 Å². The molecule has 7 heteroatoms. The van der Waals surface area contributed by atoms with Gasteiger partial charge in [0, 0.05) is 6.54 Å². The average Bonchev–Trinajstić information content (AvgIpc) is 2.70. The largest absolute Gasteiger partial charge is 0.377 e. The van der Waals surface area contributed by atoms with Crippen LogP contribution < -0.4 is 10.6 Å². The van der Waals surface area contributed by atoms with Gasteiger partial charge in [0.25, 0.3) is 0 Å². The van der Waals surface area contributed by atoms with Gasteiger partial charge in [-0.25, -0.2) is 15.0 Å². The molecule has 0 unspecified atom stereocenters. The van der Waals surface area contributed by atoms with Crippen molar-refractivity contribution in [1.29, 1.82) is 0 Å². The van der Waals surface area contributed by atoms with Gasteiger partial charge in [-0.05, 0) is 6.92 Å². The molecular weight excluding hydrogens is 238 g/mol. The van der Waals surface area contributed by atoms with Gasteiger partial charge in [-0.2, -0.15) is 0 Å². The Labute approximate surface area is 102 Å². The molecule has 2 aromatic rings. The second kappa shape index (κ2) is 4.08. The molecular formula is C10H13N5OS. The Hall–Kier alpha value is -1.47. The van der Waals surface area contributed by atoms with Crippen molar-refractivity contribution in [2.24, 2.45) is 0 Å². The topological polar surface area (TPSA) is 77.2 Å². The summed E-state index contributed by atoms with van der Waals surface area (Å²) in [5.74, 6) is 0.860. The highest BCUT2D eigenvalue weighted by Gasteiger charge is 2.23. The minimum atomic E-state index is 0.296. The number of rotatable bonds is 1. The summed E-state index contributed by atoms with van der Waals surface area (Å²) in [6, 6.07) is 0.296. The first-order valence-electron chi connectivity index (χ1n) is 5.47. The van der Waals surface area contributed by atoms with Crippen LogP contribution in [0.5, 0.6) is 0 Å². The van der Waals surface area contributed by atoms with Gasteiger partial charge >= 0.3 is 0 Å². The van der Waals surface area contributed by atoms with Gasteiger partial charge in [0.1, 0.15) is 11.8 Å². The molecule has 2 aromatic heterocycles. The number of hydrogen-bond donors (Lipinski definition) is 1. The highest BCUT2D eigenvalue weighted by molar-refractivity contribution is 7.21. The van der Waals surface area contributed by atoms with E-state index in [2.05, 4.69) is 26.8 Å². The van der Waals surface area contributed by atoms with Gasteiger partial charge in [0.15, 0.2) is 15.8 Å². The number of morpholine rings is 1. The second-order valence-electron chi connectivity index (χ2n) is 4.02. The first-order chi connectivity index (χ1) is 8.25. The van der Waals surface area contributed by atoms with E-state index in [-0.39, 0.29) is 0 Å². The Morgan fingerprint density at radius 2 is 2.41 bits per heavy atom. The molecule has 1 aliphatic heterocycles. The average molecular weight is 251 g/mol. The molecule has 0 radical (unpaired) electrons. The third-order valence-corrected chi connectivity index (χ3v) is 3.62. The van der Waals surface area contributed by atoms with E-state index in [1.165, 1.54) is 11.3 Å². The summed E-state index contributed by atoms with van der Waals surface area (Å²) in [5, 5.41) is 0.530. The molecule has 90 valence electrons. The van der Waals surface area contributed by atoms with Gasteiger partial charge in [0.2, 0.25) is 0 Å². The van der Waals surface area contributed by atoms with E-state index in [0.29, 0.717) is 17.8 Å². The van der Waals surface area contributed by atoms with Crippen LogP contribution >= 0.6 is 11.3 Å². The number of aromatic nitrogens is 3. The Balaban J connectivity index is 2.09. The second-order valence-corrected chi connectivity index (χ2v) is 5.03. The molecule has 1 saturated heterocycles. The van der Waals surface area contributed by atoms with Crippen molar-refractivity contribution in [2.45, 2.75) is 13.0 Å². The maximum absolute atomic E-state index is 5.72. The summed E-state index contributed by atoms with van der Waals surface area (Å²) in [5.41, 5.74) is 6.52. The third-order valence-electron chi connectivity index (χ3n) is 2.83. The molecule has 1 fully saturated rings. The molecule has 6 nitrogen and oxygen atoms in total. The number of thiazole rings is 1. The lowest BCUT2D eigenvalue weighted by atomic mass is 10.2. The Morgan fingerprint density at radius 3 is 3.24 bits per heavy atom. The molecule has 0 aromatic carbocycles. The standard InChI is InChI=1S/C10H13N5OS/c1-6-4-16-3-2-15(6)8-7-9(13-5-12-8)17-10(11)14-7/h5-6H,2-4H2,1H3,(H2,11,14)/t6-/m0/s1. The first kappa shape index (κ1) is 10.7. The highest BCUT2D eigenvalue weighted by Crippen LogP contribution is 2.29. The summed E-state index contributed by atoms with van der Waals surface area (Å²) < 4.78 is 5.42. The molecule has 1 aliphatic rings. The zero-order valence-electron chi connectivity index (χ0n) is 9.46. The molecule has 0 spiro atoms. The Morgan fingerprint density at radius 1 is 1.53 bits per heavy atom. The smallest absolute Gasteiger partial charge is 0.182 e. The van der Waals surface area contributed by atoms with Crippen LogP contribution in [0.25, 0.3) is 10.3 Å². The van der Waals surface area contributed by atoms with Gasteiger partial charge in [-0.3, -0.25) is 0 Å². The molecule has 0 amide bonds. The fourth-order valence-corrected chi connectivity index (χ4v) is 2.68. The van der Waals surface area contributed by atoms with Crippen molar-refractivity contribution in [1.82, 2.24) is 15.0 Å². The van der Waals surface area contributed by atoms with Crippen LogP contribution in [0.4, 0.5) is 10.9 Å². The maximum Gasteiger partial charge on any atom is 0.182 e. The predicted octanol–water partition coefficient (Wildman–Crippen LogP) is 0.894. The monoisotopic (exact) mass is 251 g/mol. The predicted molar refractivity (Wildman–Crippen MR) is 67.2 cm³/mol. The minimum Gasteiger partial charge on any atom is -0.377 e. The molecule has 3 heterocycles. The summed E-state index contributed by atoms with van der Waals surface area (Å²) in [6.07, 6.45) is 1.57. The lowest BCUT2D eigenvalue weighted by Gasteiger charge is -2.34. The van der Waals surface area contributed by atoms with Crippen molar-refractivity contribution in [3.8, 4) is 0 Å². The normalized spacial score (nSPS) is 21.0. The van der Waals surface area contributed by atoms with E-state index < -0.39 is 0 Å². The van der Waals surface area contributed by atoms with Crippen LogP contribution in [-0.4, -0.2) is 40.8 Å². The summed E-state index contributed by atoms with van der Waals surface area (Å²) in [4.78, 5) is 15.9. The van der Waals surface area contributed by atoms with Crippen molar-refractivity contribution in [2.75, 3.05) is 30.4 Å². The lowest BCUT2D eigenvalue weighted by molar-refractivity contribution is 0.0986. The molecule has 2 N–H and O–H groups in total. The number of nitrogens with two attached hydrogens (primary N) is 1. The fraction of sp³-hybridized carbons (Fsp3) is 0.500. The van der Waals surface area contributed by atoms with E-state index >= 15 is 0 Å². The van der Waals surface area contributed by atoms with E-state index in [0.717, 1.165) is 29.3 Å². The molecule has 3 rings (SSSR count). The maximum atomic E-state index is 5.72. The minimum absolute atomic E-state index is 0.296. The number of nitrogens with zero attached hydrogens (tertiary/aromatic N) is 4. The highest BCUT2D eigenvalue weighted by atomic mass is 32.1. The van der Waals surface area contributed by atoms with Gasteiger partial charge in [0.05, 0.1) is 19.3 Å². The van der Waals surface area contributed by atoms with E-state index in [4.69, 9.17) is 10.5 Å². The van der Waals surface area contributed by atoms with Crippen molar-refractivity contribution >= 4 is 32.6 Å². The van der Waals surface area contributed by atoms with Crippen LogP contribution in [-0.2, 0) is 4.74 Å². The van der Waals surface area contributed by atoms with Gasteiger partial charge in [-0.1, -0.05) is 11.3 Å². The Bertz CT molecular complexity index is 542. The molecule has 0 bridgehead atoms. The van der Waals surface area contributed by atoms with E-state index in [1.54, 1.807) is 6.33 Å². The first-order valence-corrected chi connectivity index (χ1v) is 6.29. The summed E-state index contributed by atoms with van der Waals surface area (Å²) in [7, 11) is 0. The number of ether oxygens (including phenoxy) is 1. The molecule has 0 saturated carbocycles. The quantitative estimate of drug-likeness (QED) is 0.811. The van der Waals surface area contributed by atoms with E-state index in [1.807, 2.05) is 0 Å².